The van der Waals surface area contributed by atoms with E-state index in [1.807, 2.05) is 12.1 Å². The lowest BCUT2D eigenvalue weighted by molar-refractivity contribution is -0.131. The number of rotatable bonds is 7. The van der Waals surface area contributed by atoms with Crippen LogP contribution in [0.1, 0.15) is 70.5 Å². The van der Waals surface area contributed by atoms with Crippen LogP contribution >= 0.6 is 11.6 Å². The Kier molecular flexibility index (Phi) is 7.46. The van der Waals surface area contributed by atoms with Gasteiger partial charge in [-0.15, -0.1) is 0 Å². The third-order valence-electron chi connectivity index (χ3n) is 6.99. The van der Waals surface area contributed by atoms with Crippen molar-refractivity contribution in [3.63, 3.8) is 0 Å². The molecule has 0 unspecified atom stereocenters. The van der Waals surface area contributed by atoms with Crippen molar-refractivity contribution in [3.05, 3.63) is 93.5 Å². The average molecular weight is 525 g/mol. The first-order valence-electron chi connectivity index (χ1n) is 12.5. The second-order valence-corrected chi connectivity index (χ2v) is 10.1. The summed E-state index contributed by atoms with van der Waals surface area (Å²) in [4.78, 5) is 36.8. The lowest BCUT2D eigenvalue weighted by atomic mass is 9.90. The fourth-order valence-electron chi connectivity index (χ4n) is 4.72. The van der Waals surface area contributed by atoms with Crippen molar-refractivity contribution in [2.45, 2.75) is 50.5 Å². The number of hydrogen-bond acceptors (Lipinski definition) is 4. The highest BCUT2D eigenvalue weighted by Gasteiger charge is 2.32. The second-order valence-electron chi connectivity index (χ2n) is 9.65. The highest BCUT2D eigenvalue weighted by Crippen LogP contribution is 2.39. The van der Waals surface area contributed by atoms with Gasteiger partial charge in [-0.3, -0.25) is 9.59 Å². The summed E-state index contributed by atoms with van der Waals surface area (Å²) < 4.78 is 28.0. The zero-order chi connectivity index (χ0) is 25.9. The highest BCUT2D eigenvalue weighted by atomic mass is 35.5. The van der Waals surface area contributed by atoms with E-state index in [9.17, 15) is 18.4 Å². The molecule has 9 heteroatoms. The van der Waals surface area contributed by atoms with Gasteiger partial charge in [-0.25, -0.2) is 18.7 Å². The zero-order valence-corrected chi connectivity index (χ0v) is 21.0. The van der Waals surface area contributed by atoms with Gasteiger partial charge in [-0.2, -0.15) is 0 Å². The quantitative estimate of drug-likeness (QED) is 0.463. The van der Waals surface area contributed by atoms with Crippen LogP contribution in [0.5, 0.6) is 0 Å². The van der Waals surface area contributed by atoms with Gasteiger partial charge in [0.1, 0.15) is 17.5 Å². The van der Waals surface area contributed by atoms with Gasteiger partial charge in [-0.1, -0.05) is 29.8 Å². The molecular weight excluding hydrogens is 498 g/mol. The fourth-order valence-corrected chi connectivity index (χ4v) is 4.94. The Morgan fingerprint density at radius 2 is 1.70 bits per heavy atom. The summed E-state index contributed by atoms with van der Waals surface area (Å²) in [6.07, 6.45) is 4.57. The molecule has 2 aliphatic rings. The first-order valence-corrected chi connectivity index (χ1v) is 12.9. The molecule has 2 aromatic carbocycles. The third-order valence-corrected chi connectivity index (χ3v) is 7.23. The minimum atomic E-state index is -0.717. The Morgan fingerprint density at radius 3 is 2.38 bits per heavy atom. The van der Waals surface area contributed by atoms with Gasteiger partial charge < -0.3 is 10.2 Å². The van der Waals surface area contributed by atoms with Gasteiger partial charge in [0.05, 0.1) is 17.7 Å². The maximum Gasteiger partial charge on any atom is 0.254 e. The monoisotopic (exact) mass is 524 g/mol. The van der Waals surface area contributed by atoms with E-state index >= 15 is 0 Å². The van der Waals surface area contributed by atoms with Crippen molar-refractivity contribution in [2.75, 3.05) is 13.1 Å². The summed E-state index contributed by atoms with van der Waals surface area (Å²) in [5.41, 5.74) is 1.81. The van der Waals surface area contributed by atoms with Crippen LogP contribution in [0.15, 0.2) is 48.7 Å². The molecule has 192 valence electrons. The molecule has 1 saturated heterocycles. The van der Waals surface area contributed by atoms with Crippen molar-refractivity contribution in [1.29, 1.82) is 0 Å². The Bertz CT molecular complexity index is 1300. The summed E-state index contributed by atoms with van der Waals surface area (Å²) >= 11 is 6.05. The second kappa shape index (κ2) is 10.9. The molecule has 1 N–H and O–H groups in total. The minimum absolute atomic E-state index is 0.0262. The van der Waals surface area contributed by atoms with Gasteiger partial charge in [0.25, 0.3) is 5.91 Å². The maximum absolute atomic E-state index is 14.0. The van der Waals surface area contributed by atoms with Crippen LogP contribution in [-0.2, 0) is 17.8 Å². The SMILES string of the molecule is O=C(NCc1cccc(Cl)c1)c1cnc(C2CC2)nc1C1CCN(C(=O)Cc2c(F)cccc2F)CC1. The van der Waals surface area contributed by atoms with Crippen LogP contribution in [0.25, 0.3) is 0 Å². The molecule has 37 heavy (non-hydrogen) atoms. The molecule has 2 fully saturated rings. The van der Waals surface area contributed by atoms with Crippen LogP contribution in [0.2, 0.25) is 5.02 Å². The molecule has 2 amide bonds. The molecule has 0 spiro atoms. The molecule has 1 saturated carbocycles. The van der Waals surface area contributed by atoms with Crippen molar-refractivity contribution in [1.82, 2.24) is 20.2 Å². The number of carbonyl (C=O) groups is 2. The first kappa shape index (κ1) is 25.3. The molecule has 2 heterocycles. The van der Waals surface area contributed by atoms with Gasteiger partial charge in [0.2, 0.25) is 5.91 Å². The van der Waals surface area contributed by atoms with E-state index in [2.05, 4.69) is 10.3 Å². The molecule has 3 aromatic rings. The van der Waals surface area contributed by atoms with Crippen LogP contribution < -0.4 is 5.32 Å². The molecule has 1 aliphatic carbocycles. The molecule has 1 aromatic heterocycles. The average Bonchev–Trinajstić information content (AvgIpc) is 3.75. The lowest BCUT2D eigenvalue weighted by Gasteiger charge is -2.32. The van der Waals surface area contributed by atoms with Crippen LogP contribution in [0.3, 0.4) is 0 Å². The Labute approximate surface area is 219 Å². The van der Waals surface area contributed by atoms with Crippen molar-refractivity contribution in [2.24, 2.45) is 0 Å². The van der Waals surface area contributed by atoms with Crippen LogP contribution in [0, 0.1) is 11.6 Å². The van der Waals surface area contributed by atoms with E-state index < -0.39 is 11.6 Å². The Morgan fingerprint density at radius 1 is 1.00 bits per heavy atom. The smallest absolute Gasteiger partial charge is 0.254 e. The predicted molar refractivity (Wildman–Crippen MR) is 135 cm³/mol. The number of amides is 2. The van der Waals surface area contributed by atoms with Gasteiger partial charge in [-0.05, 0) is 55.5 Å². The predicted octanol–water partition coefficient (Wildman–Crippen LogP) is 5.16. The Hall–Kier alpha value is -3.39. The van der Waals surface area contributed by atoms with Crippen molar-refractivity contribution in [3.8, 4) is 0 Å². The van der Waals surface area contributed by atoms with Gasteiger partial charge >= 0.3 is 0 Å². The van der Waals surface area contributed by atoms with E-state index in [1.165, 1.54) is 6.07 Å². The topological polar surface area (TPSA) is 75.2 Å². The number of hydrogen-bond donors (Lipinski definition) is 1. The van der Waals surface area contributed by atoms with Gasteiger partial charge in [0, 0.05) is 48.3 Å². The van der Waals surface area contributed by atoms with Crippen molar-refractivity contribution >= 4 is 23.4 Å². The van der Waals surface area contributed by atoms with E-state index in [1.54, 1.807) is 23.2 Å². The zero-order valence-electron chi connectivity index (χ0n) is 20.2. The summed E-state index contributed by atoms with van der Waals surface area (Å²) in [6, 6.07) is 10.9. The van der Waals surface area contributed by atoms with Gasteiger partial charge in [0.15, 0.2) is 0 Å². The number of carbonyl (C=O) groups excluding carboxylic acids is 2. The number of nitrogens with one attached hydrogen (secondary N) is 1. The molecule has 0 radical (unpaired) electrons. The largest absolute Gasteiger partial charge is 0.348 e. The number of nitrogens with zero attached hydrogens (tertiary/aromatic N) is 3. The number of halogens is 3. The maximum atomic E-state index is 14.0. The third kappa shape index (κ3) is 5.96. The van der Waals surface area contributed by atoms with Crippen LogP contribution in [0.4, 0.5) is 8.78 Å². The molecule has 0 atom stereocenters. The molecule has 1 aliphatic heterocycles. The normalized spacial score (nSPS) is 16.0. The van der Waals surface area contributed by atoms with E-state index in [4.69, 9.17) is 16.6 Å². The van der Waals surface area contributed by atoms with E-state index in [0.717, 1.165) is 36.4 Å². The van der Waals surface area contributed by atoms with Crippen LogP contribution in [-0.4, -0.2) is 39.8 Å². The number of aromatic nitrogens is 2. The number of piperidine rings is 1. The summed E-state index contributed by atoms with van der Waals surface area (Å²) in [6.45, 7) is 1.17. The molecule has 0 bridgehead atoms. The first-order chi connectivity index (χ1) is 17.9. The summed E-state index contributed by atoms with van der Waals surface area (Å²) in [7, 11) is 0. The van der Waals surface area contributed by atoms with E-state index in [0.29, 0.717) is 54.7 Å². The number of benzene rings is 2. The molecular formula is C28H27ClF2N4O2. The van der Waals surface area contributed by atoms with E-state index in [-0.39, 0.29) is 29.7 Å². The minimum Gasteiger partial charge on any atom is -0.348 e. The summed E-state index contributed by atoms with van der Waals surface area (Å²) in [5, 5.41) is 3.54. The number of likely N-dealkylation sites (tertiary alicyclic amines) is 1. The molecule has 6 nitrogen and oxygen atoms in total. The standard InChI is InChI=1S/C28H27ClF2N4O2/c29-20-4-1-3-17(13-20)15-33-28(37)22-16-32-27(19-7-8-19)34-26(22)18-9-11-35(12-10-18)25(36)14-21-23(30)5-2-6-24(21)31/h1-6,13,16,18-19H,7-12,14-15H2,(H,33,37). The molecule has 5 rings (SSSR count). The highest BCUT2D eigenvalue weighted by molar-refractivity contribution is 6.30. The fraction of sp³-hybridized carbons (Fsp3) is 0.357. The summed E-state index contributed by atoms with van der Waals surface area (Å²) in [5.74, 6) is -0.944. The van der Waals surface area contributed by atoms with Crippen molar-refractivity contribution < 1.29 is 18.4 Å². The lowest BCUT2D eigenvalue weighted by Crippen LogP contribution is -2.39. The Balaban J connectivity index is 1.27.